The molecule has 1 aromatic carbocycles. The minimum absolute atomic E-state index is 0.812. The molecule has 3 heterocycles. The average Bonchev–Trinajstić information content (AvgIpc) is 2.98. The zero-order valence-electron chi connectivity index (χ0n) is 10.5. The molecule has 4 rings (SSSR count). The SMILES string of the molecule is c1cn(Cc2ccc3c(c2)Nc2nccnc2S3)cn1. The van der Waals surface area contributed by atoms with Crippen LogP contribution in [0.25, 0.3) is 0 Å². The Balaban J connectivity index is 1.66. The molecule has 3 aromatic rings. The number of benzene rings is 1. The van der Waals surface area contributed by atoms with E-state index in [0.29, 0.717) is 0 Å². The minimum atomic E-state index is 0.812. The van der Waals surface area contributed by atoms with E-state index in [9.17, 15) is 0 Å². The van der Waals surface area contributed by atoms with E-state index in [4.69, 9.17) is 0 Å². The molecule has 0 bridgehead atoms. The third kappa shape index (κ3) is 2.04. The summed E-state index contributed by atoms with van der Waals surface area (Å²) in [5.41, 5.74) is 2.31. The van der Waals surface area contributed by atoms with Gasteiger partial charge in [-0.25, -0.2) is 15.0 Å². The maximum Gasteiger partial charge on any atom is 0.163 e. The van der Waals surface area contributed by atoms with E-state index in [1.165, 1.54) is 10.5 Å². The van der Waals surface area contributed by atoms with Gasteiger partial charge in [-0.05, 0) is 17.7 Å². The summed E-state index contributed by atoms with van der Waals surface area (Å²) in [7, 11) is 0. The molecule has 0 fully saturated rings. The van der Waals surface area contributed by atoms with Gasteiger partial charge in [-0.2, -0.15) is 0 Å². The predicted molar refractivity (Wildman–Crippen MR) is 77.2 cm³/mol. The van der Waals surface area contributed by atoms with Gasteiger partial charge in [-0.1, -0.05) is 17.8 Å². The lowest BCUT2D eigenvalue weighted by atomic mass is 10.2. The van der Waals surface area contributed by atoms with Crippen molar-refractivity contribution in [1.82, 2.24) is 19.5 Å². The van der Waals surface area contributed by atoms with Crippen LogP contribution in [0.1, 0.15) is 5.56 Å². The van der Waals surface area contributed by atoms with Crippen LogP contribution in [0.2, 0.25) is 0 Å². The van der Waals surface area contributed by atoms with Gasteiger partial charge in [0.2, 0.25) is 0 Å². The summed E-state index contributed by atoms with van der Waals surface area (Å²) in [6.07, 6.45) is 8.99. The summed E-state index contributed by atoms with van der Waals surface area (Å²) < 4.78 is 2.05. The van der Waals surface area contributed by atoms with Gasteiger partial charge >= 0.3 is 0 Å². The average molecular weight is 281 g/mol. The molecule has 1 N–H and O–H groups in total. The highest BCUT2D eigenvalue weighted by atomic mass is 32.2. The molecule has 1 aliphatic rings. The largest absolute Gasteiger partial charge is 0.337 e. The number of rotatable bonds is 2. The van der Waals surface area contributed by atoms with Crippen molar-refractivity contribution in [2.75, 3.05) is 5.32 Å². The van der Waals surface area contributed by atoms with Crippen molar-refractivity contribution in [2.45, 2.75) is 16.5 Å². The smallest absolute Gasteiger partial charge is 0.163 e. The molecule has 0 radical (unpaired) electrons. The van der Waals surface area contributed by atoms with E-state index < -0.39 is 0 Å². The third-order valence-corrected chi connectivity index (χ3v) is 4.16. The van der Waals surface area contributed by atoms with Gasteiger partial charge in [0.05, 0.1) is 12.0 Å². The Labute approximate surface area is 120 Å². The number of hydrogen-bond acceptors (Lipinski definition) is 5. The topological polar surface area (TPSA) is 55.6 Å². The summed E-state index contributed by atoms with van der Waals surface area (Å²) in [5.74, 6) is 0.824. The van der Waals surface area contributed by atoms with E-state index in [1.54, 1.807) is 30.4 Å². The molecule has 2 aromatic heterocycles. The van der Waals surface area contributed by atoms with Gasteiger partial charge in [0.15, 0.2) is 5.82 Å². The van der Waals surface area contributed by atoms with Crippen LogP contribution in [-0.4, -0.2) is 19.5 Å². The fourth-order valence-corrected chi connectivity index (χ4v) is 3.05. The summed E-state index contributed by atoms with van der Waals surface area (Å²) in [4.78, 5) is 13.9. The lowest BCUT2D eigenvalue weighted by Gasteiger charge is -2.19. The fraction of sp³-hybridized carbons (Fsp3) is 0.0714. The Bertz CT molecular complexity index is 754. The molecule has 20 heavy (non-hydrogen) atoms. The molecule has 0 saturated heterocycles. The summed E-state index contributed by atoms with van der Waals surface area (Å²) in [6, 6.07) is 6.41. The molecule has 0 spiro atoms. The molecule has 6 heteroatoms. The van der Waals surface area contributed by atoms with Crippen molar-refractivity contribution in [3.05, 3.63) is 54.9 Å². The van der Waals surface area contributed by atoms with E-state index in [-0.39, 0.29) is 0 Å². The van der Waals surface area contributed by atoms with Gasteiger partial charge in [0.1, 0.15) is 5.03 Å². The number of hydrogen-bond donors (Lipinski definition) is 1. The standard InChI is InChI=1S/C14H11N5S/c1-2-12-11(7-10(1)8-19-6-5-15-9-19)18-13-14(20-12)17-4-3-16-13/h1-7,9H,8H2,(H,16,18). The monoisotopic (exact) mass is 281 g/mol. The molecule has 0 atom stereocenters. The number of aromatic nitrogens is 4. The molecule has 5 nitrogen and oxygen atoms in total. The van der Waals surface area contributed by atoms with Gasteiger partial charge in [0.25, 0.3) is 0 Å². The van der Waals surface area contributed by atoms with Crippen molar-refractivity contribution < 1.29 is 0 Å². The molecule has 0 unspecified atom stereocenters. The van der Waals surface area contributed by atoms with Crippen molar-refractivity contribution in [3.8, 4) is 0 Å². The zero-order chi connectivity index (χ0) is 13.4. The van der Waals surface area contributed by atoms with Gasteiger partial charge in [-0.3, -0.25) is 0 Å². The number of imidazole rings is 1. The van der Waals surface area contributed by atoms with E-state index in [1.807, 2.05) is 17.1 Å². The highest BCUT2D eigenvalue weighted by Crippen LogP contribution is 2.41. The number of nitrogens with zero attached hydrogens (tertiary/aromatic N) is 4. The molecular weight excluding hydrogens is 270 g/mol. The van der Waals surface area contributed by atoms with Crippen molar-refractivity contribution >= 4 is 23.3 Å². The van der Waals surface area contributed by atoms with Crippen LogP contribution < -0.4 is 5.32 Å². The highest BCUT2D eigenvalue weighted by molar-refractivity contribution is 7.99. The number of anilines is 2. The second kappa shape index (κ2) is 4.64. The van der Waals surface area contributed by atoms with Crippen LogP contribution in [0.5, 0.6) is 0 Å². The third-order valence-electron chi connectivity index (χ3n) is 3.09. The Morgan fingerprint density at radius 1 is 1.15 bits per heavy atom. The van der Waals surface area contributed by atoms with Crippen LogP contribution in [-0.2, 0) is 6.54 Å². The Hall–Kier alpha value is -2.34. The highest BCUT2D eigenvalue weighted by Gasteiger charge is 2.17. The second-order valence-corrected chi connectivity index (χ2v) is 5.53. The quantitative estimate of drug-likeness (QED) is 0.612. The summed E-state index contributed by atoms with van der Waals surface area (Å²) in [5, 5.41) is 4.26. The first-order valence-electron chi connectivity index (χ1n) is 6.23. The first-order valence-corrected chi connectivity index (χ1v) is 7.05. The minimum Gasteiger partial charge on any atom is -0.337 e. The first-order chi connectivity index (χ1) is 9.88. The van der Waals surface area contributed by atoms with Crippen molar-refractivity contribution in [1.29, 1.82) is 0 Å². The molecule has 0 amide bonds. The maximum absolute atomic E-state index is 4.33. The van der Waals surface area contributed by atoms with Gasteiger partial charge in [-0.15, -0.1) is 0 Å². The van der Waals surface area contributed by atoms with Crippen LogP contribution in [0.4, 0.5) is 11.5 Å². The predicted octanol–water partition coefficient (Wildman–Crippen LogP) is 2.93. The van der Waals surface area contributed by atoms with E-state index in [0.717, 1.165) is 23.1 Å². The lowest BCUT2D eigenvalue weighted by molar-refractivity contribution is 0.796. The normalized spacial score (nSPS) is 12.4. The molecule has 0 saturated carbocycles. The van der Waals surface area contributed by atoms with Crippen LogP contribution in [0.15, 0.2) is 59.2 Å². The van der Waals surface area contributed by atoms with Crippen molar-refractivity contribution in [2.24, 2.45) is 0 Å². The Morgan fingerprint density at radius 2 is 2.10 bits per heavy atom. The number of nitrogens with one attached hydrogen (secondary N) is 1. The van der Waals surface area contributed by atoms with Crippen molar-refractivity contribution in [3.63, 3.8) is 0 Å². The van der Waals surface area contributed by atoms with Gasteiger partial charge < -0.3 is 9.88 Å². The Morgan fingerprint density at radius 3 is 3.00 bits per heavy atom. The zero-order valence-corrected chi connectivity index (χ0v) is 11.3. The lowest BCUT2D eigenvalue weighted by Crippen LogP contribution is -2.05. The Kier molecular flexibility index (Phi) is 2.67. The summed E-state index contributed by atoms with van der Waals surface area (Å²) in [6.45, 7) is 0.812. The molecule has 0 aliphatic carbocycles. The summed E-state index contributed by atoms with van der Waals surface area (Å²) >= 11 is 1.64. The number of fused-ring (bicyclic) bond motifs is 2. The van der Waals surface area contributed by atoms with Crippen LogP contribution in [0, 0.1) is 0 Å². The fourth-order valence-electron chi connectivity index (χ4n) is 2.17. The van der Waals surface area contributed by atoms with Crippen LogP contribution in [0.3, 0.4) is 0 Å². The molecule has 98 valence electrons. The molecule has 1 aliphatic heterocycles. The maximum atomic E-state index is 4.33. The van der Waals surface area contributed by atoms with Gasteiger partial charge in [0, 0.05) is 36.2 Å². The van der Waals surface area contributed by atoms with E-state index >= 15 is 0 Å². The second-order valence-electron chi connectivity index (χ2n) is 4.50. The van der Waals surface area contributed by atoms with E-state index in [2.05, 4.69) is 38.5 Å². The van der Waals surface area contributed by atoms with Crippen LogP contribution >= 0.6 is 11.8 Å². The first kappa shape index (κ1) is 11.5. The molecular formula is C14H11N5S.